The van der Waals surface area contributed by atoms with Crippen molar-refractivity contribution in [3.05, 3.63) is 90.2 Å². The van der Waals surface area contributed by atoms with Gasteiger partial charge >= 0.3 is 0 Å². The molecule has 0 bridgehead atoms. The summed E-state index contributed by atoms with van der Waals surface area (Å²) in [5.74, 6) is -0.312. The summed E-state index contributed by atoms with van der Waals surface area (Å²) in [7, 11) is 0.736. The number of sulfonamides is 1. The maximum Gasteiger partial charge on any atom is 0.255 e. The van der Waals surface area contributed by atoms with E-state index in [-0.39, 0.29) is 16.9 Å². The molecule has 0 unspecified atom stereocenters. The molecular weight excluding hydrogens is 571 g/mol. The van der Waals surface area contributed by atoms with Crippen molar-refractivity contribution in [1.29, 1.82) is 0 Å². The van der Waals surface area contributed by atoms with Crippen molar-refractivity contribution in [2.75, 3.05) is 31.8 Å². The third-order valence-corrected chi connectivity index (χ3v) is 8.52. The lowest BCUT2D eigenvalue weighted by atomic mass is 9.98. The fourth-order valence-corrected chi connectivity index (χ4v) is 5.58. The first-order valence-corrected chi connectivity index (χ1v) is 15.1. The Hall–Kier alpha value is -5.16. The molecule has 43 heavy (non-hydrogen) atoms. The van der Waals surface area contributed by atoms with Crippen molar-refractivity contribution in [1.82, 2.24) is 15.3 Å². The summed E-state index contributed by atoms with van der Waals surface area (Å²) >= 11 is 0. The van der Waals surface area contributed by atoms with Crippen molar-refractivity contribution in [2.24, 2.45) is 0 Å². The van der Waals surface area contributed by atoms with Gasteiger partial charge in [-0.1, -0.05) is 18.2 Å². The largest absolute Gasteiger partial charge is 0.481 e. The number of amides is 1. The first-order valence-electron chi connectivity index (χ1n) is 13.2. The molecule has 0 aliphatic rings. The number of ether oxygens (including phenoxy) is 1. The number of hydrogen-bond acceptors (Lipinski definition) is 6. The van der Waals surface area contributed by atoms with Gasteiger partial charge in [-0.25, -0.2) is 17.8 Å². The fourth-order valence-electron chi connectivity index (χ4n) is 5.07. The molecule has 0 aliphatic carbocycles. The van der Waals surface area contributed by atoms with Crippen molar-refractivity contribution >= 4 is 43.5 Å². The Morgan fingerprint density at radius 1 is 1.02 bits per heavy atom. The van der Waals surface area contributed by atoms with Crippen LogP contribution in [-0.2, 0) is 10.0 Å². The van der Waals surface area contributed by atoms with Crippen LogP contribution in [0.25, 0.3) is 55.7 Å². The van der Waals surface area contributed by atoms with Crippen LogP contribution in [-0.4, -0.2) is 51.8 Å². The SMILES string of the molecule is CNC(=O)c1c(-c2ccc(F)cc2)oc2cc(N(C)S(C)(=O)=O)c(-c3cc(OC)nc(-c4cc5ccccc5[nH]4)c3)cc12. The number of fused-ring (bicyclic) bond motifs is 2. The zero-order valence-corrected chi connectivity index (χ0v) is 24.5. The second kappa shape index (κ2) is 10.6. The Kier molecular flexibility index (Phi) is 6.89. The summed E-state index contributed by atoms with van der Waals surface area (Å²) in [6.45, 7) is 0. The van der Waals surface area contributed by atoms with Crippen LogP contribution in [0.15, 0.2) is 83.3 Å². The molecule has 0 fully saturated rings. The number of nitrogens with zero attached hydrogens (tertiary/aromatic N) is 2. The van der Waals surface area contributed by atoms with Crippen molar-refractivity contribution in [2.45, 2.75) is 0 Å². The molecule has 6 rings (SSSR count). The van der Waals surface area contributed by atoms with E-state index in [1.807, 2.05) is 36.4 Å². The number of carbonyl (C=O) groups is 1. The van der Waals surface area contributed by atoms with Crippen LogP contribution in [0.4, 0.5) is 10.1 Å². The Bertz CT molecular complexity index is 2100. The lowest BCUT2D eigenvalue weighted by Crippen LogP contribution is -2.25. The summed E-state index contributed by atoms with van der Waals surface area (Å²) < 4.78 is 52.2. The molecule has 11 heteroatoms. The lowest BCUT2D eigenvalue weighted by molar-refractivity contribution is 0.0964. The number of aromatic nitrogens is 2. The average molecular weight is 599 g/mol. The molecule has 3 aromatic heterocycles. The normalized spacial score (nSPS) is 11.7. The number of hydrogen-bond donors (Lipinski definition) is 2. The smallest absolute Gasteiger partial charge is 0.255 e. The van der Waals surface area contributed by atoms with E-state index in [0.29, 0.717) is 39.3 Å². The van der Waals surface area contributed by atoms with E-state index in [9.17, 15) is 17.6 Å². The number of anilines is 1. The molecule has 0 atom stereocenters. The summed E-state index contributed by atoms with van der Waals surface area (Å²) in [6.07, 6.45) is 1.10. The highest BCUT2D eigenvalue weighted by Gasteiger charge is 2.26. The predicted octanol–water partition coefficient (Wildman–Crippen LogP) is 6.21. The van der Waals surface area contributed by atoms with E-state index in [0.717, 1.165) is 27.2 Å². The van der Waals surface area contributed by atoms with Gasteiger partial charge in [-0.2, -0.15) is 0 Å². The van der Waals surface area contributed by atoms with Gasteiger partial charge in [0.05, 0.1) is 36.0 Å². The number of para-hydroxylation sites is 1. The third-order valence-electron chi connectivity index (χ3n) is 7.33. The topological polar surface area (TPSA) is 118 Å². The molecular formula is C32H27FN4O5S. The van der Waals surface area contributed by atoms with Gasteiger partial charge < -0.3 is 19.5 Å². The molecule has 0 radical (unpaired) electrons. The van der Waals surface area contributed by atoms with Gasteiger partial charge in [0.25, 0.3) is 5.91 Å². The Morgan fingerprint density at radius 2 is 1.77 bits per heavy atom. The highest BCUT2D eigenvalue weighted by atomic mass is 32.2. The number of rotatable bonds is 7. The minimum Gasteiger partial charge on any atom is -0.481 e. The van der Waals surface area contributed by atoms with Crippen LogP contribution in [0.1, 0.15) is 10.4 Å². The molecule has 2 N–H and O–H groups in total. The third kappa shape index (κ3) is 5.08. The molecule has 0 saturated heterocycles. The Morgan fingerprint density at radius 3 is 2.44 bits per heavy atom. The van der Waals surface area contributed by atoms with Crippen molar-refractivity contribution in [3.63, 3.8) is 0 Å². The maximum atomic E-state index is 13.7. The number of halogens is 1. The van der Waals surface area contributed by atoms with Crippen molar-refractivity contribution in [3.8, 4) is 39.7 Å². The minimum absolute atomic E-state index is 0.227. The monoisotopic (exact) mass is 598 g/mol. The molecule has 0 aliphatic heterocycles. The lowest BCUT2D eigenvalue weighted by Gasteiger charge is -2.21. The standard InChI is InChI=1S/C32H27FN4O5S/c1-34-32(38)30-23-16-22(20-14-26(36-29(15-20)41-3)25-13-19-7-5-6-8-24(19)35-25)27(37(2)43(4,39)40)17-28(23)42-31(30)18-9-11-21(33)12-10-18/h5-17,35H,1-4H3,(H,34,38). The van der Waals surface area contributed by atoms with Gasteiger partial charge in [-0.15, -0.1) is 0 Å². The van der Waals surface area contributed by atoms with E-state index in [4.69, 9.17) is 9.15 Å². The van der Waals surface area contributed by atoms with Gasteiger partial charge in [-0.3, -0.25) is 9.10 Å². The molecule has 0 spiro atoms. The number of carbonyl (C=O) groups excluding carboxylic acids is 1. The van der Waals surface area contributed by atoms with Crippen LogP contribution in [0.3, 0.4) is 0 Å². The van der Waals surface area contributed by atoms with Gasteiger partial charge in [0.15, 0.2) is 0 Å². The van der Waals surface area contributed by atoms with E-state index in [1.165, 1.54) is 45.5 Å². The summed E-state index contributed by atoms with van der Waals surface area (Å²) in [5.41, 5.74) is 4.66. The second-order valence-electron chi connectivity index (χ2n) is 10.0. The zero-order chi connectivity index (χ0) is 30.5. The van der Waals surface area contributed by atoms with E-state index in [2.05, 4.69) is 15.3 Å². The van der Waals surface area contributed by atoms with E-state index < -0.39 is 21.7 Å². The number of furan rings is 1. The van der Waals surface area contributed by atoms with E-state index >= 15 is 0 Å². The summed E-state index contributed by atoms with van der Waals surface area (Å²) in [5, 5.41) is 4.10. The summed E-state index contributed by atoms with van der Waals surface area (Å²) in [6, 6.07) is 22.2. The van der Waals surface area contributed by atoms with Crippen LogP contribution < -0.4 is 14.4 Å². The molecule has 1 amide bonds. The second-order valence-corrected chi connectivity index (χ2v) is 12.1. The molecule has 9 nitrogen and oxygen atoms in total. The Balaban J connectivity index is 1.64. The van der Waals surface area contributed by atoms with Crippen molar-refractivity contribution < 1.29 is 26.8 Å². The van der Waals surface area contributed by atoms with Gasteiger partial charge in [0, 0.05) is 53.6 Å². The van der Waals surface area contributed by atoms with Crippen LogP contribution >= 0.6 is 0 Å². The number of pyridine rings is 1. The quantitative estimate of drug-likeness (QED) is 0.226. The number of H-pyrrole nitrogens is 1. The first-order chi connectivity index (χ1) is 20.6. The minimum atomic E-state index is -3.71. The van der Waals surface area contributed by atoms with Gasteiger partial charge in [-0.05, 0) is 54.1 Å². The molecule has 3 aromatic carbocycles. The summed E-state index contributed by atoms with van der Waals surface area (Å²) in [4.78, 5) is 21.2. The predicted molar refractivity (Wildman–Crippen MR) is 165 cm³/mol. The average Bonchev–Trinajstić information content (AvgIpc) is 3.61. The molecule has 218 valence electrons. The maximum absolute atomic E-state index is 13.7. The zero-order valence-electron chi connectivity index (χ0n) is 23.7. The number of benzene rings is 3. The van der Waals surface area contributed by atoms with Gasteiger partial charge in [0.2, 0.25) is 15.9 Å². The first kappa shape index (κ1) is 28.0. The van der Waals surface area contributed by atoms with Gasteiger partial charge in [0.1, 0.15) is 17.2 Å². The highest BCUT2D eigenvalue weighted by Crippen LogP contribution is 2.42. The fraction of sp³-hybridized carbons (Fsp3) is 0.125. The molecule has 6 aromatic rings. The Labute approximate surface area is 247 Å². The number of methoxy groups -OCH3 is 1. The molecule has 3 heterocycles. The van der Waals surface area contributed by atoms with Crippen LogP contribution in [0.2, 0.25) is 0 Å². The van der Waals surface area contributed by atoms with E-state index in [1.54, 1.807) is 18.2 Å². The number of aromatic amines is 1. The highest BCUT2D eigenvalue weighted by molar-refractivity contribution is 7.92. The van der Waals surface area contributed by atoms with Crippen LogP contribution in [0, 0.1) is 5.82 Å². The number of nitrogens with one attached hydrogen (secondary N) is 2. The molecule has 0 saturated carbocycles. The van der Waals surface area contributed by atoms with Crippen LogP contribution in [0.5, 0.6) is 5.88 Å².